The van der Waals surface area contributed by atoms with Crippen molar-refractivity contribution in [1.29, 1.82) is 0 Å². The van der Waals surface area contributed by atoms with E-state index in [2.05, 4.69) is 21.2 Å². The molecule has 2 aromatic carbocycles. The molecule has 1 unspecified atom stereocenters. The number of methoxy groups -OCH3 is 1. The summed E-state index contributed by atoms with van der Waals surface area (Å²) in [6.45, 7) is 2.37. The van der Waals surface area contributed by atoms with E-state index in [1.807, 2.05) is 0 Å². The van der Waals surface area contributed by atoms with E-state index in [0.717, 1.165) is 4.47 Å². The van der Waals surface area contributed by atoms with Crippen molar-refractivity contribution in [3.05, 3.63) is 46.4 Å². The zero-order valence-electron chi connectivity index (χ0n) is 17.1. The molecule has 31 heavy (non-hydrogen) atoms. The first-order chi connectivity index (χ1) is 14.9. The van der Waals surface area contributed by atoms with E-state index in [1.165, 1.54) is 14.0 Å². The van der Waals surface area contributed by atoms with Crippen molar-refractivity contribution in [2.24, 2.45) is 0 Å². The average Bonchev–Trinajstić information content (AvgIpc) is 2.77. The fourth-order valence-electron chi connectivity index (χ4n) is 2.92. The van der Waals surface area contributed by atoms with Crippen molar-refractivity contribution in [3.63, 3.8) is 0 Å². The standard InChI is InChI=1S/C22H22BrNO7/c1-13(22(27)24-15-4-7-19-20(12-15)30-10-9-29-19)31-21(26)8-5-17(25)16-11-14(23)3-6-18(16)28-2/h3-4,6-7,11-13H,5,8-10H2,1-2H3,(H,24,27). The molecule has 0 spiro atoms. The second-order valence-electron chi connectivity index (χ2n) is 6.75. The number of nitrogens with one attached hydrogen (secondary N) is 1. The van der Waals surface area contributed by atoms with Crippen LogP contribution in [0.15, 0.2) is 40.9 Å². The van der Waals surface area contributed by atoms with Gasteiger partial charge in [0.15, 0.2) is 23.4 Å². The fourth-order valence-corrected chi connectivity index (χ4v) is 3.28. The van der Waals surface area contributed by atoms with Crippen LogP contribution in [0, 0.1) is 0 Å². The van der Waals surface area contributed by atoms with Gasteiger partial charge in [-0.25, -0.2) is 0 Å². The maximum absolute atomic E-state index is 12.4. The van der Waals surface area contributed by atoms with E-state index < -0.39 is 18.0 Å². The SMILES string of the molecule is COc1ccc(Br)cc1C(=O)CCC(=O)OC(C)C(=O)Nc1ccc2c(c1)OCCO2. The minimum absolute atomic E-state index is 0.0673. The summed E-state index contributed by atoms with van der Waals surface area (Å²) >= 11 is 3.31. The van der Waals surface area contributed by atoms with Crippen molar-refractivity contribution in [3.8, 4) is 17.2 Å². The van der Waals surface area contributed by atoms with Gasteiger partial charge in [0.1, 0.15) is 19.0 Å². The number of Topliss-reactive ketones (excluding diaryl/α,β-unsaturated/α-hetero) is 1. The van der Waals surface area contributed by atoms with Crippen LogP contribution in [0.1, 0.15) is 30.1 Å². The van der Waals surface area contributed by atoms with Gasteiger partial charge in [-0.2, -0.15) is 0 Å². The van der Waals surface area contributed by atoms with Gasteiger partial charge in [-0.1, -0.05) is 15.9 Å². The van der Waals surface area contributed by atoms with Gasteiger partial charge in [0, 0.05) is 22.6 Å². The highest BCUT2D eigenvalue weighted by Crippen LogP contribution is 2.32. The van der Waals surface area contributed by atoms with E-state index in [4.69, 9.17) is 18.9 Å². The summed E-state index contributed by atoms with van der Waals surface area (Å²) in [5.74, 6) is 0.167. The first-order valence-electron chi connectivity index (χ1n) is 9.64. The fraction of sp³-hybridized carbons (Fsp3) is 0.318. The van der Waals surface area contributed by atoms with Crippen molar-refractivity contribution in [1.82, 2.24) is 0 Å². The lowest BCUT2D eigenvalue weighted by molar-refractivity contribution is -0.153. The van der Waals surface area contributed by atoms with Crippen LogP contribution in [0.5, 0.6) is 17.2 Å². The molecule has 0 fully saturated rings. The Bertz CT molecular complexity index is 992. The number of fused-ring (bicyclic) bond motifs is 1. The molecule has 0 bridgehead atoms. The van der Waals surface area contributed by atoms with Crippen molar-refractivity contribution >= 4 is 39.3 Å². The van der Waals surface area contributed by atoms with Gasteiger partial charge >= 0.3 is 5.97 Å². The molecule has 2 aromatic rings. The second kappa shape index (κ2) is 10.3. The Morgan fingerprint density at radius 3 is 2.55 bits per heavy atom. The summed E-state index contributed by atoms with van der Waals surface area (Å²) < 4.78 is 22.0. The predicted molar refractivity (Wildman–Crippen MR) is 116 cm³/mol. The van der Waals surface area contributed by atoms with Crippen molar-refractivity contribution in [2.75, 3.05) is 25.6 Å². The molecule has 3 rings (SSSR count). The van der Waals surface area contributed by atoms with E-state index in [1.54, 1.807) is 36.4 Å². The van der Waals surface area contributed by atoms with Crippen LogP contribution in [0.3, 0.4) is 0 Å². The van der Waals surface area contributed by atoms with Crippen LogP contribution in [0.2, 0.25) is 0 Å². The average molecular weight is 492 g/mol. The molecular formula is C22H22BrNO7. The normalized spacial score (nSPS) is 13.1. The van der Waals surface area contributed by atoms with Crippen LogP contribution >= 0.6 is 15.9 Å². The highest BCUT2D eigenvalue weighted by atomic mass is 79.9. The molecule has 1 N–H and O–H groups in total. The maximum Gasteiger partial charge on any atom is 0.307 e. The van der Waals surface area contributed by atoms with Crippen LogP contribution < -0.4 is 19.5 Å². The number of rotatable bonds is 8. The van der Waals surface area contributed by atoms with Crippen LogP contribution in [0.4, 0.5) is 5.69 Å². The maximum atomic E-state index is 12.4. The van der Waals surface area contributed by atoms with Gasteiger partial charge in [-0.15, -0.1) is 0 Å². The number of carbonyl (C=O) groups is 3. The third-order valence-electron chi connectivity index (χ3n) is 4.51. The first-order valence-corrected chi connectivity index (χ1v) is 10.4. The molecule has 1 aliphatic heterocycles. The Hall–Kier alpha value is -3.07. The number of halogens is 1. The molecule has 1 aliphatic rings. The first kappa shape index (κ1) is 22.6. The van der Waals surface area contributed by atoms with Crippen LogP contribution in [0.25, 0.3) is 0 Å². The minimum Gasteiger partial charge on any atom is -0.496 e. The second-order valence-corrected chi connectivity index (χ2v) is 7.66. The summed E-state index contributed by atoms with van der Waals surface area (Å²) in [4.78, 5) is 36.9. The smallest absolute Gasteiger partial charge is 0.307 e. The van der Waals surface area contributed by atoms with Crippen molar-refractivity contribution < 1.29 is 33.3 Å². The molecule has 0 aromatic heterocycles. The summed E-state index contributed by atoms with van der Waals surface area (Å²) in [5.41, 5.74) is 0.864. The lowest BCUT2D eigenvalue weighted by Gasteiger charge is -2.19. The third kappa shape index (κ3) is 5.97. The molecule has 1 atom stereocenters. The van der Waals surface area contributed by atoms with Gasteiger partial charge < -0.3 is 24.3 Å². The summed E-state index contributed by atoms with van der Waals surface area (Å²) in [6.07, 6.45) is -1.26. The predicted octanol–water partition coefficient (Wildman–Crippen LogP) is 3.76. The molecule has 9 heteroatoms. The number of amides is 1. The van der Waals surface area contributed by atoms with Crippen LogP contribution in [-0.4, -0.2) is 44.1 Å². The van der Waals surface area contributed by atoms with E-state index in [0.29, 0.717) is 41.7 Å². The Labute approximate surface area is 187 Å². The minimum atomic E-state index is -1.03. The van der Waals surface area contributed by atoms with E-state index in [-0.39, 0.29) is 18.6 Å². The quantitative estimate of drug-likeness (QED) is 0.443. The molecule has 0 saturated heterocycles. The zero-order valence-corrected chi connectivity index (χ0v) is 18.7. The van der Waals surface area contributed by atoms with Crippen LogP contribution in [-0.2, 0) is 14.3 Å². The largest absolute Gasteiger partial charge is 0.496 e. The Balaban J connectivity index is 1.50. The number of ether oxygens (including phenoxy) is 4. The zero-order chi connectivity index (χ0) is 22.4. The summed E-state index contributed by atoms with van der Waals surface area (Å²) in [6, 6.07) is 10.1. The van der Waals surface area contributed by atoms with Gasteiger partial charge in [-0.3, -0.25) is 14.4 Å². The van der Waals surface area contributed by atoms with E-state index in [9.17, 15) is 14.4 Å². The molecule has 164 valence electrons. The molecule has 1 amide bonds. The molecular weight excluding hydrogens is 470 g/mol. The summed E-state index contributed by atoms with van der Waals surface area (Å²) in [7, 11) is 1.47. The number of hydrogen-bond acceptors (Lipinski definition) is 7. The monoisotopic (exact) mass is 491 g/mol. The molecule has 0 aliphatic carbocycles. The number of ketones is 1. The van der Waals surface area contributed by atoms with Crippen molar-refractivity contribution in [2.45, 2.75) is 25.9 Å². The lowest BCUT2D eigenvalue weighted by Crippen LogP contribution is -2.30. The Morgan fingerprint density at radius 2 is 1.81 bits per heavy atom. The lowest BCUT2D eigenvalue weighted by atomic mass is 10.1. The molecule has 1 heterocycles. The van der Waals surface area contributed by atoms with Gasteiger partial charge in [-0.05, 0) is 37.3 Å². The molecule has 0 saturated carbocycles. The Kier molecular flexibility index (Phi) is 7.51. The number of benzene rings is 2. The number of esters is 1. The number of carbonyl (C=O) groups excluding carboxylic acids is 3. The highest BCUT2D eigenvalue weighted by molar-refractivity contribution is 9.10. The number of hydrogen-bond donors (Lipinski definition) is 1. The Morgan fingerprint density at radius 1 is 1.06 bits per heavy atom. The third-order valence-corrected chi connectivity index (χ3v) is 5.00. The molecule has 0 radical (unpaired) electrons. The van der Waals surface area contributed by atoms with E-state index >= 15 is 0 Å². The summed E-state index contributed by atoms with van der Waals surface area (Å²) in [5, 5.41) is 2.67. The highest BCUT2D eigenvalue weighted by Gasteiger charge is 2.21. The van der Waals surface area contributed by atoms with Gasteiger partial charge in [0.2, 0.25) is 0 Å². The number of anilines is 1. The van der Waals surface area contributed by atoms with Gasteiger partial charge in [0.05, 0.1) is 19.1 Å². The van der Waals surface area contributed by atoms with Gasteiger partial charge in [0.25, 0.3) is 5.91 Å². The molecule has 8 nitrogen and oxygen atoms in total. The topological polar surface area (TPSA) is 100 Å².